The smallest absolute Gasteiger partial charge is 0.135 e. The van der Waals surface area contributed by atoms with Gasteiger partial charge in [0.1, 0.15) is 16.2 Å². The molecule has 0 unspecified atom stereocenters. The Balaban J connectivity index is 1.06. The van der Waals surface area contributed by atoms with Crippen LogP contribution >= 0.6 is 11.3 Å². The topological polar surface area (TPSA) is 35.9 Å². The minimum atomic E-state index is 0.903. The molecule has 252 valence electrons. The molecule has 5 heteroatoms. The second kappa shape index (κ2) is 11.3. The predicted molar refractivity (Wildman–Crippen MR) is 226 cm³/mol. The fourth-order valence-electron chi connectivity index (χ4n) is 8.50. The number of furan rings is 1. The zero-order chi connectivity index (χ0) is 35.3. The molecule has 0 aliphatic rings. The fraction of sp³-hybridized carbons (Fsp3) is 0. The molecule has 0 fully saturated rings. The maximum atomic E-state index is 6.18. The van der Waals surface area contributed by atoms with Gasteiger partial charge in [-0.05, 0) is 90.0 Å². The molecule has 4 aromatic heterocycles. The molecule has 0 atom stereocenters. The molecule has 0 aliphatic carbocycles. The van der Waals surface area contributed by atoms with E-state index in [1.807, 2.05) is 12.1 Å². The summed E-state index contributed by atoms with van der Waals surface area (Å²) in [7, 11) is 0. The number of para-hydroxylation sites is 3. The third-order valence-corrected chi connectivity index (χ3v) is 12.1. The molecule has 0 aliphatic heterocycles. The number of benzene rings is 8. The summed E-state index contributed by atoms with van der Waals surface area (Å²) in [5.74, 6) is 0. The van der Waals surface area contributed by atoms with E-state index >= 15 is 0 Å². The molecule has 12 aromatic rings. The zero-order valence-corrected chi connectivity index (χ0v) is 29.7. The number of rotatable bonds is 4. The highest BCUT2D eigenvalue weighted by Gasteiger charge is 2.20. The minimum Gasteiger partial charge on any atom is -0.456 e. The van der Waals surface area contributed by atoms with Gasteiger partial charge in [-0.25, -0.2) is 4.98 Å². The highest BCUT2D eigenvalue weighted by atomic mass is 32.1. The molecule has 0 saturated heterocycles. The van der Waals surface area contributed by atoms with Gasteiger partial charge >= 0.3 is 0 Å². The van der Waals surface area contributed by atoms with Crippen molar-refractivity contribution in [2.24, 2.45) is 0 Å². The number of hydrogen-bond acceptors (Lipinski definition) is 3. The van der Waals surface area contributed by atoms with E-state index < -0.39 is 0 Å². The van der Waals surface area contributed by atoms with Crippen LogP contribution in [0.5, 0.6) is 0 Å². The number of hydrogen-bond donors (Lipinski definition) is 0. The van der Waals surface area contributed by atoms with Crippen LogP contribution in [0.3, 0.4) is 0 Å². The summed E-state index contributed by atoms with van der Waals surface area (Å²) in [5, 5.41) is 8.21. The SMILES string of the molecule is c1ccc(-c2nc3ccc4c5cc(-c6ccc7c(c6)c6ccccc6n7-c6ccc7oc8ccccc8c7c6)ccc5n(-c5ccccc5)c4c3s2)cc1. The van der Waals surface area contributed by atoms with Crippen LogP contribution in [0.2, 0.25) is 0 Å². The first-order valence-corrected chi connectivity index (χ1v) is 19.0. The normalized spacial score (nSPS) is 12.1. The Hall–Kier alpha value is -6.95. The molecule has 0 bridgehead atoms. The second-order valence-electron chi connectivity index (χ2n) is 14.0. The number of thiazole rings is 1. The molecule has 0 saturated carbocycles. The van der Waals surface area contributed by atoms with Gasteiger partial charge in [-0.15, -0.1) is 11.3 Å². The lowest BCUT2D eigenvalue weighted by Crippen LogP contribution is -1.93. The first-order chi connectivity index (χ1) is 26.8. The van der Waals surface area contributed by atoms with E-state index in [9.17, 15) is 0 Å². The van der Waals surface area contributed by atoms with Gasteiger partial charge in [0.25, 0.3) is 0 Å². The number of aromatic nitrogens is 3. The van der Waals surface area contributed by atoms with Crippen LogP contribution in [0.15, 0.2) is 180 Å². The van der Waals surface area contributed by atoms with E-state index in [0.29, 0.717) is 0 Å². The van der Waals surface area contributed by atoms with Crippen LogP contribution in [0.4, 0.5) is 0 Å². The monoisotopic (exact) mass is 707 g/mol. The maximum Gasteiger partial charge on any atom is 0.135 e. The Morgan fingerprint density at radius 2 is 1.06 bits per heavy atom. The van der Waals surface area contributed by atoms with E-state index in [-0.39, 0.29) is 0 Å². The number of nitrogens with zero attached hydrogens (tertiary/aromatic N) is 3. The Morgan fingerprint density at radius 3 is 1.87 bits per heavy atom. The number of fused-ring (bicyclic) bond motifs is 11. The van der Waals surface area contributed by atoms with Crippen molar-refractivity contribution in [1.82, 2.24) is 14.1 Å². The summed E-state index contributed by atoms with van der Waals surface area (Å²) in [6.45, 7) is 0. The lowest BCUT2D eigenvalue weighted by atomic mass is 10.0. The average Bonchev–Trinajstić information content (AvgIpc) is 4.00. The molecular weight excluding hydrogens is 679 g/mol. The molecule has 0 radical (unpaired) electrons. The molecular formula is C49H29N3OS. The van der Waals surface area contributed by atoms with Crippen molar-refractivity contribution in [3.63, 3.8) is 0 Å². The van der Waals surface area contributed by atoms with Crippen LogP contribution in [-0.2, 0) is 0 Å². The summed E-state index contributed by atoms with van der Waals surface area (Å²) < 4.78 is 12.2. The van der Waals surface area contributed by atoms with Gasteiger partial charge in [-0.1, -0.05) is 97.1 Å². The predicted octanol–water partition coefficient (Wildman–Crippen LogP) is 13.7. The van der Waals surface area contributed by atoms with Gasteiger partial charge in [0, 0.05) is 49.3 Å². The van der Waals surface area contributed by atoms with Crippen molar-refractivity contribution < 1.29 is 4.42 Å². The van der Waals surface area contributed by atoms with E-state index in [1.165, 1.54) is 59.4 Å². The summed E-state index contributed by atoms with van der Waals surface area (Å²) in [5.41, 5.74) is 13.4. The average molecular weight is 708 g/mol. The van der Waals surface area contributed by atoms with Crippen LogP contribution < -0.4 is 0 Å². The molecule has 4 heterocycles. The first kappa shape index (κ1) is 29.6. The van der Waals surface area contributed by atoms with Crippen molar-refractivity contribution in [2.75, 3.05) is 0 Å². The summed E-state index contributed by atoms with van der Waals surface area (Å²) in [4.78, 5) is 5.10. The Bertz CT molecular complexity index is 3440. The molecule has 4 nitrogen and oxygen atoms in total. The zero-order valence-electron chi connectivity index (χ0n) is 28.9. The summed E-state index contributed by atoms with van der Waals surface area (Å²) in [6, 6.07) is 63.0. The van der Waals surface area contributed by atoms with Gasteiger partial charge in [0.05, 0.1) is 32.3 Å². The van der Waals surface area contributed by atoms with Crippen molar-refractivity contribution in [3.05, 3.63) is 176 Å². The molecule has 12 rings (SSSR count). The van der Waals surface area contributed by atoms with Gasteiger partial charge in [-0.2, -0.15) is 0 Å². The molecule has 0 N–H and O–H groups in total. The van der Waals surface area contributed by atoms with Crippen molar-refractivity contribution in [3.8, 4) is 33.1 Å². The van der Waals surface area contributed by atoms with E-state index in [4.69, 9.17) is 9.40 Å². The van der Waals surface area contributed by atoms with Crippen molar-refractivity contribution in [1.29, 1.82) is 0 Å². The molecule has 0 spiro atoms. The Morgan fingerprint density at radius 1 is 0.407 bits per heavy atom. The molecule has 8 aromatic carbocycles. The summed E-state index contributed by atoms with van der Waals surface area (Å²) in [6.07, 6.45) is 0. The quantitative estimate of drug-likeness (QED) is 0.183. The highest BCUT2D eigenvalue weighted by Crippen LogP contribution is 2.43. The third kappa shape index (κ3) is 4.27. The van der Waals surface area contributed by atoms with Gasteiger partial charge in [0.15, 0.2) is 0 Å². The molecule has 54 heavy (non-hydrogen) atoms. The van der Waals surface area contributed by atoms with E-state index in [1.54, 1.807) is 11.3 Å². The maximum absolute atomic E-state index is 6.18. The fourth-order valence-corrected chi connectivity index (χ4v) is 9.60. The minimum absolute atomic E-state index is 0.903. The lowest BCUT2D eigenvalue weighted by molar-refractivity contribution is 0.669. The highest BCUT2D eigenvalue weighted by molar-refractivity contribution is 7.22. The van der Waals surface area contributed by atoms with Gasteiger partial charge in [0.2, 0.25) is 0 Å². The lowest BCUT2D eigenvalue weighted by Gasteiger charge is -2.09. The largest absolute Gasteiger partial charge is 0.456 e. The van der Waals surface area contributed by atoms with Crippen LogP contribution in [0.1, 0.15) is 0 Å². The Kier molecular flexibility index (Phi) is 6.18. The van der Waals surface area contributed by atoms with E-state index in [0.717, 1.165) is 49.4 Å². The van der Waals surface area contributed by atoms with E-state index in [2.05, 4.69) is 173 Å². The van der Waals surface area contributed by atoms with Crippen LogP contribution in [0, 0.1) is 0 Å². The second-order valence-corrected chi connectivity index (χ2v) is 15.0. The third-order valence-electron chi connectivity index (χ3n) is 10.9. The van der Waals surface area contributed by atoms with Crippen LogP contribution in [0.25, 0.3) is 109 Å². The first-order valence-electron chi connectivity index (χ1n) is 18.2. The van der Waals surface area contributed by atoms with Gasteiger partial charge in [-0.3, -0.25) is 0 Å². The Labute approximate surface area is 313 Å². The molecule has 0 amide bonds. The van der Waals surface area contributed by atoms with Crippen molar-refractivity contribution >= 4 is 87.1 Å². The van der Waals surface area contributed by atoms with Crippen molar-refractivity contribution in [2.45, 2.75) is 0 Å². The summed E-state index contributed by atoms with van der Waals surface area (Å²) >= 11 is 1.77. The van der Waals surface area contributed by atoms with Gasteiger partial charge < -0.3 is 13.6 Å². The standard InChI is InChI=1S/C49H29N3OS/c1-3-11-30(12-4-1)49-50-41-23-22-37-39-28-32(20-25-44(39)52(47(37)48(41)54-49)33-13-5-2-6-14-33)31-19-24-43-38(27-31)35-15-7-9-17-42(35)51(43)34-21-26-46-40(29-34)36-16-8-10-18-45(36)53-46/h1-29H. The van der Waals surface area contributed by atoms with Crippen LogP contribution in [-0.4, -0.2) is 14.1 Å².